The zero-order chi connectivity index (χ0) is 14.8. The maximum absolute atomic E-state index is 11.9. The van der Waals surface area contributed by atoms with E-state index in [1.165, 1.54) is 0 Å². The van der Waals surface area contributed by atoms with Crippen molar-refractivity contribution in [2.45, 2.75) is 34.1 Å². The molecule has 0 saturated heterocycles. The highest BCUT2D eigenvalue weighted by molar-refractivity contribution is 6.02. The lowest BCUT2D eigenvalue weighted by Crippen LogP contribution is -2.42. The number of nitrogens with two attached hydrogens (primary N) is 1. The SMILES string of the molecule is CC(C)CCOCCNC(=O)C(C(N)=NO)C(C)C. The van der Waals surface area contributed by atoms with Gasteiger partial charge in [-0.05, 0) is 18.3 Å². The summed E-state index contributed by atoms with van der Waals surface area (Å²) in [5.74, 6) is -0.329. The van der Waals surface area contributed by atoms with Gasteiger partial charge in [0.2, 0.25) is 5.91 Å². The third-order valence-electron chi connectivity index (χ3n) is 2.77. The number of amides is 1. The first-order valence-electron chi connectivity index (χ1n) is 6.73. The van der Waals surface area contributed by atoms with Gasteiger partial charge in [0, 0.05) is 13.2 Å². The highest BCUT2D eigenvalue weighted by Crippen LogP contribution is 2.11. The average molecular weight is 273 g/mol. The van der Waals surface area contributed by atoms with E-state index in [2.05, 4.69) is 24.3 Å². The molecule has 0 saturated carbocycles. The molecule has 4 N–H and O–H groups in total. The molecule has 1 unspecified atom stereocenters. The number of nitrogens with one attached hydrogen (secondary N) is 1. The molecule has 0 fully saturated rings. The molecular weight excluding hydrogens is 246 g/mol. The minimum atomic E-state index is -0.610. The second-order valence-electron chi connectivity index (χ2n) is 5.33. The Morgan fingerprint density at radius 3 is 2.42 bits per heavy atom. The van der Waals surface area contributed by atoms with Crippen LogP contribution in [-0.2, 0) is 9.53 Å². The number of hydrogen-bond donors (Lipinski definition) is 3. The average Bonchev–Trinajstić information content (AvgIpc) is 2.32. The number of amidine groups is 1. The van der Waals surface area contributed by atoms with E-state index >= 15 is 0 Å². The molecular formula is C13H27N3O3. The molecule has 0 bridgehead atoms. The zero-order valence-corrected chi connectivity index (χ0v) is 12.3. The van der Waals surface area contributed by atoms with Crippen molar-refractivity contribution < 1.29 is 14.7 Å². The lowest BCUT2D eigenvalue weighted by Gasteiger charge is -2.18. The van der Waals surface area contributed by atoms with Gasteiger partial charge in [-0.15, -0.1) is 0 Å². The fraction of sp³-hybridized carbons (Fsp3) is 0.846. The van der Waals surface area contributed by atoms with Gasteiger partial charge in [-0.2, -0.15) is 0 Å². The summed E-state index contributed by atoms with van der Waals surface area (Å²) < 4.78 is 5.40. The van der Waals surface area contributed by atoms with Gasteiger partial charge in [-0.1, -0.05) is 32.9 Å². The van der Waals surface area contributed by atoms with Crippen LogP contribution in [0.1, 0.15) is 34.1 Å². The van der Waals surface area contributed by atoms with E-state index < -0.39 is 5.92 Å². The Morgan fingerprint density at radius 2 is 1.95 bits per heavy atom. The molecule has 0 radical (unpaired) electrons. The van der Waals surface area contributed by atoms with Gasteiger partial charge >= 0.3 is 0 Å². The summed E-state index contributed by atoms with van der Waals surface area (Å²) in [4.78, 5) is 11.9. The topological polar surface area (TPSA) is 96.9 Å². The third-order valence-corrected chi connectivity index (χ3v) is 2.77. The van der Waals surface area contributed by atoms with Crippen LogP contribution in [0.2, 0.25) is 0 Å². The fourth-order valence-corrected chi connectivity index (χ4v) is 1.62. The molecule has 6 nitrogen and oxygen atoms in total. The zero-order valence-electron chi connectivity index (χ0n) is 12.3. The van der Waals surface area contributed by atoms with Gasteiger partial charge in [0.15, 0.2) is 5.84 Å². The fourth-order valence-electron chi connectivity index (χ4n) is 1.62. The highest BCUT2D eigenvalue weighted by Gasteiger charge is 2.26. The van der Waals surface area contributed by atoms with Crippen molar-refractivity contribution >= 4 is 11.7 Å². The number of ether oxygens (including phenoxy) is 1. The Hall–Kier alpha value is -1.30. The first kappa shape index (κ1) is 17.7. The highest BCUT2D eigenvalue weighted by atomic mass is 16.5. The van der Waals surface area contributed by atoms with Crippen LogP contribution >= 0.6 is 0 Å². The van der Waals surface area contributed by atoms with Gasteiger partial charge in [0.25, 0.3) is 0 Å². The minimum absolute atomic E-state index is 0.0299. The monoisotopic (exact) mass is 273 g/mol. The molecule has 112 valence electrons. The quantitative estimate of drug-likeness (QED) is 0.193. The summed E-state index contributed by atoms with van der Waals surface area (Å²) >= 11 is 0. The molecule has 19 heavy (non-hydrogen) atoms. The maximum atomic E-state index is 11.9. The number of carbonyl (C=O) groups is 1. The van der Waals surface area contributed by atoms with E-state index in [4.69, 9.17) is 15.7 Å². The third kappa shape index (κ3) is 7.66. The lowest BCUT2D eigenvalue weighted by molar-refractivity contribution is -0.124. The smallest absolute Gasteiger partial charge is 0.231 e. The van der Waals surface area contributed by atoms with Crippen LogP contribution in [0.3, 0.4) is 0 Å². The van der Waals surface area contributed by atoms with Crippen LogP contribution < -0.4 is 11.1 Å². The molecule has 0 aliphatic rings. The predicted octanol–water partition coefficient (Wildman–Crippen LogP) is 1.18. The summed E-state index contributed by atoms with van der Waals surface area (Å²) in [6.45, 7) is 9.56. The van der Waals surface area contributed by atoms with E-state index in [0.29, 0.717) is 25.7 Å². The molecule has 0 heterocycles. The van der Waals surface area contributed by atoms with Crippen molar-refractivity contribution in [3.8, 4) is 0 Å². The largest absolute Gasteiger partial charge is 0.409 e. The van der Waals surface area contributed by atoms with Crippen LogP contribution in [0.4, 0.5) is 0 Å². The van der Waals surface area contributed by atoms with Gasteiger partial charge in [0.05, 0.1) is 6.61 Å². The Bertz CT molecular complexity index is 291. The molecule has 0 aromatic heterocycles. The Balaban J connectivity index is 3.95. The van der Waals surface area contributed by atoms with E-state index in [1.54, 1.807) is 0 Å². The van der Waals surface area contributed by atoms with Crippen molar-refractivity contribution in [3.63, 3.8) is 0 Å². The number of nitrogens with zero attached hydrogens (tertiary/aromatic N) is 1. The van der Waals surface area contributed by atoms with Crippen LogP contribution in [0.25, 0.3) is 0 Å². The van der Waals surface area contributed by atoms with Crippen LogP contribution in [0.15, 0.2) is 5.16 Å². The van der Waals surface area contributed by atoms with Crippen molar-refractivity contribution in [2.24, 2.45) is 28.6 Å². The Kier molecular flexibility index (Phi) is 8.95. The number of oxime groups is 1. The van der Waals surface area contributed by atoms with Gasteiger partial charge in [0.1, 0.15) is 5.92 Å². The molecule has 1 amide bonds. The molecule has 0 aromatic rings. The second kappa shape index (κ2) is 9.61. The minimum Gasteiger partial charge on any atom is -0.409 e. The van der Waals surface area contributed by atoms with Crippen molar-refractivity contribution in [2.75, 3.05) is 19.8 Å². The number of rotatable bonds is 9. The molecule has 1 atom stereocenters. The summed E-state index contributed by atoms with van der Waals surface area (Å²) in [7, 11) is 0. The molecule has 6 heteroatoms. The van der Waals surface area contributed by atoms with Crippen molar-refractivity contribution in [3.05, 3.63) is 0 Å². The Labute approximate surface area is 115 Å². The van der Waals surface area contributed by atoms with Gasteiger partial charge < -0.3 is 21.0 Å². The summed E-state index contributed by atoms with van der Waals surface area (Å²) in [5, 5.41) is 14.3. The molecule has 0 aromatic carbocycles. The summed E-state index contributed by atoms with van der Waals surface area (Å²) in [6, 6.07) is 0. The van der Waals surface area contributed by atoms with Crippen molar-refractivity contribution in [1.29, 1.82) is 0 Å². The first-order chi connectivity index (χ1) is 8.90. The maximum Gasteiger partial charge on any atom is 0.231 e. The standard InChI is InChI=1S/C13H27N3O3/c1-9(2)5-7-19-8-6-15-13(17)11(10(3)4)12(14)16-18/h9-11,18H,5-8H2,1-4H3,(H2,14,16)(H,15,17). The summed E-state index contributed by atoms with van der Waals surface area (Å²) in [6.07, 6.45) is 1.01. The number of carbonyl (C=O) groups excluding carboxylic acids is 1. The molecule has 0 aliphatic heterocycles. The van der Waals surface area contributed by atoms with Crippen LogP contribution in [-0.4, -0.2) is 36.7 Å². The molecule has 0 aliphatic carbocycles. The number of hydrogen-bond acceptors (Lipinski definition) is 4. The van der Waals surface area contributed by atoms with Gasteiger partial charge in [-0.3, -0.25) is 4.79 Å². The van der Waals surface area contributed by atoms with Crippen LogP contribution in [0, 0.1) is 17.8 Å². The first-order valence-corrected chi connectivity index (χ1v) is 6.73. The van der Waals surface area contributed by atoms with Crippen molar-refractivity contribution in [1.82, 2.24) is 5.32 Å². The predicted molar refractivity (Wildman–Crippen MR) is 75.0 cm³/mol. The van der Waals surface area contributed by atoms with E-state index in [9.17, 15) is 4.79 Å². The normalized spacial score (nSPS) is 13.9. The Morgan fingerprint density at radius 1 is 1.32 bits per heavy atom. The van der Waals surface area contributed by atoms with E-state index in [1.807, 2.05) is 13.8 Å². The van der Waals surface area contributed by atoms with E-state index in [0.717, 1.165) is 6.42 Å². The lowest BCUT2D eigenvalue weighted by atomic mass is 9.94. The van der Waals surface area contributed by atoms with E-state index in [-0.39, 0.29) is 17.7 Å². The van der Waals surface area contributed by atoms with Gasteiger partial charge in [-0.25, -0.2) is 0 Å². The summed E-state index contributed by atoms with van der Waals surface area (Å²) in [5.41, 5.74) is 5.51. The molecule has 0 spiro atoms. The van der Waals surface area contributed by atoms with Crippen LogP contribution in [0.5, 0.6) is 0 Å². The second-order valence-corrected chi connectivity index (χ2v) is 5.33. The molecule has 0 rings (SSSR count).